The van der Waals surface area contributed by atoms with Gasteiger partial charge < -0.3 is 4.90 Å². The molecule has 1 saturated heterocycles. The topological polar surface area (TPSA) is 66.5 Å². The van der Waals surface area contributed by atoms with E-state index in [1.165, 1.54) is 0 Å². The van der Waals surface area contributed by atoms with Crippen LogP contribution in [0.4, 0.5) is 5.69 Å². The molecule has 6 heteroatoms. The summed E-state index contributed by atoms with van der Waals surface area (Å²) in [6, 6.07) is 14.2. The molecule has 1 heterocycles. The second-order valence-electron chi connectivity index (χ2n) is 6.13. The van der Waals surface area contributed by atoms with Crippen molar-refractivity contribution < 1.29 is 13.2 Å². The zero-order chi connectivity index (χ0) is 17.3. The minimum atomic E-state index is -3.65. The smallest absolute Gasteiger partial charge is 0.241 e. The van der Waals surface area contributed by atoms with Gasteiger partial charge in [0.1, 0.15) is 0 Å². The summed E-state index contributed by atoms with van der Waals surface area (Å²) in [5.41, 5.74) is 2.36. The van der Waals surface area contributed by atoms with Crippen molar-refractivity contribution in [1.29, 1.82) is 0 Å². The van der Waals surface area contributed by atoms with Crippen LogP contribution in [0.3, 0.4) is 0 Å². The molecule has 1 atom stereocenters. The summed E-state index contributed by atoms with van der Waals surface area (Å²) in [6.07, 6.45) is 0.166. The Morgan fingerprint density at radius 3 is 2.50 bits per heavy atom. The summed E-state index contributed by atoms with van der Waals surface area (Å²) in [6.45, 7) is 3.96. The van der Waals surface area contributed by atoms with Crippen molar-refractivity contribution in [1.82, 2.24) is 4.72 Å². The van der Waals surface area contributed by atoms with E-state index in [9.17, 15) is 13.2 Å². The van der Waals surface area contributed by atoms with Gasteiger partial charge >= 0.3 is 0 Å². The molecule has 0 aromatic heterocycles. The zero-order valence-corrected chi connectivity index (χ0v) is 14.5. The Bertz CT molecular complexity index is 863. The SMILES string of the molecule is Cc1ccc(C)c(S(=O)(=O)NC2CC(=O)N(c3ccccc3)C2)c1. The summed E-state index contributed by atoms with van der Waals surface area (Å²) >= 11 is 0. The van der Waals surface area contributed by atoms with Gasteiger partial charge in [-0.1, -0.05) is 30.3 Å². The van der Waals surface area contributed by atoms with Gasteiger partial charge in [-0.25, -0.2) is 13.1 Å². The van der Waals surface area contributed by atoms with Gasteiger partial charge in [0.25, 0.3) is 0 Å². The average Bonchev–Trinajstić information content (AvgIpc) is 2.90. The van der Waals surface area contributed by atoms with E-state index < -0.39 is 16.1 Å². The summed E-state index contributed by atoms with van der Waals surface area (Å²) in [5, 5.41) is 0. The van der Waals surface area contributed by atoms with Gasteiger partial charge in [0.05, 0.1) is 4.90 Å². The van der Waals surface area contributed by atoms with Crippen LogP contribution < -0.4 is 9.62 Å². The van der Waals surface area contributed by atoms with Crippen LogP contribution in [0, 0.1) is 13.8 Å². The second-order valence-corrected chi connectivity index (χ2v) is 7.81. The van der Waals surface area contributed by atoms with E-state index in [1.54, 1.807) is 24.0 Å². The lowest BCUT2D eigenvalue weighted by Crippen LogP contribution is -2.37. The fraction of sp³-hybridized carbons (Fsp3) is 0.278. The number of benzene rings is 2. The number of para-hydroxylation sites is 1. The minimum absolute atomic E-state index is 0.0742. The first-order valence-corrected chi connectivity index (χ1v) is 9.30. The van der Waals surface area contributed by atoms with Crippen LogP contribution in [-0.4, -0.2) is 26.9 Å². The molecule has 1 aliphatic heterocycles. The van der Waals surface area contributed by atoms with E-state index in [4.69, 9.17) is 0 Å². The largest absolute Gasteiger partial charge is 0.311 e. The first-order valence-electron chi connectivity index (χ1n) is 7.82. The number of sulfonamides is 1. The van der Waals surface area contributed by atoms with Gasteiger partial charge in [0.2, 0.25) is 15.9 Å². The first-order chi connectivity index (χ1) is 11.4. The summed E-state index contributed by atoms with van der Waals surface area (Å²) < 4.78 is 28.0. The predicted molar refractivity (Wildman–Crippen MR) is 93.4 cm³/mol. The predicted octanol–water partition coefficient (Wildman–Crippen LogP) is 2.39. The van der Waals surface area contributed by atoms with Crippen molar-refractivity contribution in [3.05, 3.63) is 59.7 Å². The quantitative estimate of drug-likeness (QED) is 0.926. The Balaban J connectivity index is 1.79. The highest BCUT2D eigenvalue weighted by molar-refractivity contribution is 7.89. The number of carbonyl (C=O) groups is 1. The number of anilines is 1. The standard InChI is InChI=1S/C18H20N2O3S/c1-13-8-9-14(2)17(10-13)24(22,23)19-15-11-18(21)20(12-15)16-6-4-3-5-7-16/h3-10,15,19H,11-12H2,1-2H3. The molecule has 1 N–H and O–H groups in total. The van der Waals surface area contributed by atoms with Crippen LogP contribution in [0.25, 0.3) is 0 Å². The van der Waals surface area contributed by atoms with E-state index in [-0.39, 0.29) is 17.2 Å². The highest BCUT2D eigenvalue weighted by Gasteiger charge is 2.33. The van der Waals surface area contributed by atoms with Gasteiger partial charge in [-0.15, -0.1) is 0 Å². The number of hydrogen-bond donors (Lipinski definition) is 1. The van der Waals surface area contributed by atoms with Crippen LogP contribution in [0.15, 0.2) is 53.4 Å². The van der Waals surface area contributed by atoms with Gasteiger partial charge in [0, 0.05) is 24.7 Å². The number of amides is 1. The number of aryl methyl sites for hydroxylation is 2. The first kappa shape index (κ1) is 16.7. The Morgan fingerprint density at radius 2 is 1.79 bits per heavy atom. The van der Waals surface area contributed by atoms with Crippen LogP contribution in [0.2, 0.25) is 0 Å². The highest BCUT2D eigenvalue weighted by Crippen LogP contribution is 2.23. The highest BCUT2D eigenvalue weighted by atomic mass is 32.2. The monoisotopic (exact) mass is 344 g/mol. The number of hydrogen-bond acceptors (Lipinski definition) is 3. The van der Waals surface area contributed by atoms with Crippen molar-refractivity contribution in [3.8, 4) is 0 Å². The van der Waals surface area contributed by atoms with Crippen LogP contribution in [0.5, 0.6) is 0 Å². The Morgan fingerprint density at radius 1 is 1.08 bits per heavy atom. The molecule has 1 amide bonds. The molecule has 3 rings (SSSR count). The molecule has 0 saturated carbocycles. The molecule has 0 radical (unpaired) electrons. The molecule has 0 aliphatic carbocycles. The van der Waals surface area contributed by atoms with Crippen molar-refractivity contribution in [2.24, 2.45) is 0 Å². The number of nitrogens with one attached hydrogen (secondary N) is 1. The van der Waals surface area contributed by atoms with E-state index in [2.05, 4.69) is 4.72 Å². The van der Waals surface area contributed by atoms with E-state index in [0.29, 0.717) is 12.1 Å². The summed E-state index contributed by atoms with van der Waals surface area (Å²) in [7, 11) is -3.65. The number of carbonyl (C=O) groups excluding carboxylic acids is 1. The lowest BCUT2D eigenvalue weighted by molar-refractivity contribution is -0.117. The third-order valence-corrected chi connectivity index (χ3v) is 5.81. The third kappa shape index (κ3) is 3.34. The Labute approximate surface area is 142 Å². The molecule has 1 aliphatic rings. The molecular weight excluding hydrogens is 324 g/mol. The number of nitrogens with zero attached hydrogens (tertiary/aromatic N) is 1. The molecule has 2 aromatic rings. The fourth-order valence-corrected chi connectivity index (χ4v) is 4.48. The maximum absolute atomic E-state index is 12.7. The zero-order valence-electron chi connectivity index (χ0n) is 13.7. The normalized spacial score (nSPS) is 18.2. The summed E-state index contributed by atoms with van der Waals surface area (Å²) in [5.74, 6) is -0.0742. The third-order valence-electron chi connectivity index (χ3n) is 4.15. The molecule has 24 heavy (non-hydrogen) atoms. The average molecular weight is 344 g/mol. The molecule has 0 bridgehead atoms. The Kier molecular flexibility index (Phi) is 4.43. The maximum atomic E-state index is 12.7. The van der Waals surface area contributed by atoms with Crippen molar-refractivity contribution in [3.63, 3.8) is 0 Å². The van der Waals surface area contributed by atoms with Crippen molar-refractivity contribution in [2.45, 2.75) is 31.2 Å². The molecule has 2 aromatic carbocycles. The molecule has 0 spiro atoms. The van der Waals surface area contributed by atoms with Gasteiger partial charge in [-0.3, -0.25) is 4.79 Å². The van der Waals surface area contributed by atoms with Crippen LogP contribution in [-0.2, 0) is 14.8 Å². The van der Waals surface area contributed by atoms with E-state index >= 15 is 0 Å². The maximum Gasteiger partial charge on any atom is 0.241 e. The van der Waals surface area contributed by atoms with Gasteiger partial charge in [-0.2, -0.15) is 0 Å². The van der Waals surface area contributed by atoms with E-state index in [0.717, 1.165) is 11.3 Å². The fourth-order valence-electron chi connectivity index (χ4n) is 2.92. The second kappa shape index (κ2) is 6.37. The molecule has 1 fully saturated rings. The molecule has 1 unspecified atom stereocenters. The lowest BCUT2D eigenvalue weighted by Gasteiger charge is -2.17. The molecule has 5 nitrogen and oxygen atoms in total. The molecular formula is C18H20N2O3S. The van der Waals surface area contributed by atoms with Crippen LogP contribution in [0.1, 0.15) is 17.5 Å². The summed E-state index contributed by atoms with van der Waals surface area (Å²) in [4.78, 5) is 14.1. The van der Waals surface area contributed by atoms with Crippen molar-refractivity contribution in [2.75, 3.05) is 11.4 Å². The van der Waals surface area contributed by atoms with Crippen molar-refractivity contribution >= 4 is 21.6 Å². The van der Waals surface area contributed by atoms with Gasteiger partial charge in [0.15, 0.2) is 0 Å². The lowest BCUT2D eigenvalue weighted by atomic mass is 10.2. The van der Waals surface area contributed by atoms with E-state index in [1.807, 2.05) is 43.3 Å². The minimum Gasteiger partial charge on any atom is -0.311 e. The van der Waals surface area contributed by atoms with Gasteiger partial charge in [-0.05, 0) is 43.2 Å². The molecule has 126 valence electrons. The Hall–Kier alpha value is -2.18. The van der Waals surface area contributed by atoms with Crippen LogP contribution >= 0.6 is 0 Å². The number of rotatable bonds is 4.